The second-order valence-electron chi connectivity index (χ2n) is 5.09. The normalized spacial score (nSPS) is 17.9. The fourth-order valence-corrected chi connectivity index (χ4v) is 2.95. The van der Waals surface area contributed by atoms with E-state index in [0.717, 1.165) is 11.8 Å². The van der Waals surface area contributed by atoms with Crippen LogP contribution in [0.5, 0.6) is 0 Å². The summed E-state index contributed by atoms with van der Waals surface area (Å²) in [5.74, 6) is 0. The molecule has 0 fully saturated rings. The topological polar surface area (TPSA) is 29.3 Å². The van der Waals surface area contributed by atoms with E-state index in [2.05, 4.69) is 0 Å². The van der Waals surface area contributed by atoms with Crippen LogP contribution in [0.2, 0.25) is 0 Å². The van der Waals surface area contributed by atoms with Crippen LogP contribution in [0, 0.1) is 0 Å². The summed E-state index contributed by atoms with van der Waals surface area (Å²) in [6.45, 7) is 0.514. The van der Waals surface area contributed by atoms with E-state index in [1.165, 1.54) is 6.07 Å². The predicted molar refractivity (Wildman–Crippen MR) is 75.9 cm³/mol. The van der Waals surface area contributed by atoms with Crippen molar-refractivity contribution in [3.8, 4) is 0 Å². The first-order chi connectivity index (χ1) is 10.0. The number of para-hydroxylation sites is 1. The van der Waals surface area contributed by atoms with Crippen molar-refractivity contribution in [2.45, 2.75) is 18.8 Å². The molecule has 2 nitrogen and oxygen atoms in total. The van der Waals surface area contributed by atoms with Crippen LogP contribution >= 0.6 is 0 Å². The fraction of sp³-hybridized carbons (Fsp3) is 0.250. The highest BCUT2D eigenvalue weighted by Crippen LogP contribution is 2.42. The summed E-state index contributed by atoms with van der Waals surface area (Å²) in [6, 6.07) is 13.5. The molecular weight excluding hydrogens is 277 g/mol. The SMILES string of the molecule is NCC1c2cccc(C(F)(F)F)c2CN1c1ccccc1. The molecule has 0 saturated carbocycles. The van der Waals surface area contributed by atoms with Crippen LogP contribution in [0.1, 0.15) is 22.7 Å². The quantitative estimate of drug-likeness (QED) is 0.914. The summed E-state index contributed by atoms with van der Waals surface area (Å²) < 4.78 is 39.5. The summed E-state index contributed by atoms with van der Waals surface area (Å²) in [5, 5.41) is 0. The van der Waals surface area contributed by atoms with E-state index in [9.17, 15) is 13.2 Å². The van der Waals surface area contributed by atoms with Crippen molar-refractivity contribution in [3.05, 3.63) is 65.2 Å². The molecule has 5 heteroatoms. The van der Waals surface area contributed by atoms with Crippen molar-refractivity contribution in [2.24, 2.45) is 5.73 Å². The van der Waals surface area contributed by atoms with Gasteiger partial charge in [0.15, 0.2) is 0 Å². The van der Waals surface area contributed by atoms with E-state index < -0.39 is 11.7 Å². The molecular formula is C16H15F3N2. The first-order valence-electron chi connectivity index (χ1n) is 6.73. The monoisotopic (exact) mass is 292 g/mol. The van der Waals surface area contributed by atoms with E-state index in [4.69, 9.17) is 5.73 Å². The molecule has 0 amide bonds. The zero-order valence-electron chi connectivity index (χ0n) is 11.3. The zero-order valence-corrected chi connectivity index (χ0v) is 11.3. The van der Waals surface area contributed by atoms with E-state index in [1.807, 2.05) is 35.2 Å². The van der Waals surface area contributed by atoms with Gasteiger partial charge in [0.25, 0.3) is 0 Å². The molecule has 1 heterocycles. The number of halogens is 3. The molecule has 21 heavy (non-hydrogen) atoms. The molecule has 110 valence electrons. The minimum atomic E-state index is -4.34. The third-order valence-corrected chi connectivity index (χ3v) is 3.89. The van der Waals surface area contributed by atoms with Crippen molar-refractivity contribution in [1.29, 1.82) is 0 Å². The summed E-state index contributed by atoms with van der Waals surface area (Å²) in [7, 11) is 0. The van der Waals surface area contributed by atoms with Gasteiger partial charge in [0, 0.05) is 18.8 Å². The number of nitrogens with two attached hydrogens (primary N) is 1. The molecule has 2 aromatic rings. The van der Waals surface area contributed by atoms with Crippen LogP contribution < -0.4 is 10.6 Å². The molecule has 0 spiro atoms. The highest BCUT2D eigenvalue weighted by Gasteiger charge is 2.39. The number of alkyl halides is 3. The van der Waals surface area contributed by atoms with Crippen molar-refractivity contribution in [1.82, 2.24) is 0 Å². The second kappa shape index (κ2) is 5.07. The Hall–Kier alpha value is -2.01. The molecule has 2 N–H and O–H groups in total. The van der Waals surface area contributed by atoms with Gasteiger partial charge in [-0.25, -0.2) is 0 Å². The van der Waals surface area contributed by atoms with Crippen LogP contribution in [0.4, 0.5) is 18.9 Å². The molecule has 1 aliphatic heterocycles. The third-order valence-electron chi connectivity index (χ3n) is 3.89. The van der Waals surface area contributed by atoms with Gasteiger partial charge in [-0.1, -0.05) is 30.3 Å². The Balaban J connectivity index is 2.08. The van der Waals surface area contributed by atoms with Gasteiger partial charge in [0.1, 0.15) is 0 Å². The first kappa shape index (κ1) is 13.9. The number of fused-ring (bicyclic) bond motifs is 1. The third kappa shape index (κ3) is 2.38. The molecule has 0 aromatic heterocycles. The average Bonchev–Trinajstić information content (AvgIpc) is 2.85. The second-order valence-corrected chi connectivity index (χ2v) is 5.09. The Morgan fingerprint density at radius 3 is 2.38 bits per heavy atom. The van der Waals surface area contributed by atoms with Gasteiger partial charge in [-0.15, -0.1) is 0 Å². The number of benzene rings is 2. The van der Waals surface area contributed by atoms with Crippen LogP contribution in [-0.4, -0.2) is 6.54 Å². The van der Waals surface area contributed by atoms with Gasteiger partial charge in [-0.05, 0) is 29.3 Å². The summed E-state index contributed by atoms with van der Waals surface area (Å²) >= 11 is 0. The van der Waals surface area contributed by atoms with Crippen molar-refractivity contribution in [3.63, 3.8) is 0 Å². The lowest BCUT2D eigenvalue weighted by Crippen LogP contribution is -2.27. The minimum Gasteiger partial charge on any atom is -0.359 e. The first-order valence-corrected chi connectivity index (χ1v) is 6.73. The molecule has 2 aromatic carbocycles. The van der Waals surface area contributed by atoms with Gasteiger partial charge >= 0.3 is 6.18 Å². The summed E-state index contributed by atoms with van der Waals surface area (Å²) in [5.41, 5.74) is 7.15. The lowest BCUT2D eigenvalue weighted by atomic mass is 9.99. The summed E-state index contributed by atoms with van der Waals surface area (Å²) in [4.78, 5) is 1.93. The molecule has 0 aliphatic carbocycles. The highest BCUT2D eigenvalue weighted by atomic mass is 19.4. The van der Waals surface area contributed by atoms with Gasteiger partial charge in [-0.3, -0.25) is 0 Å². The lowest BCUT2D eigenvalue weighted by Gasteiger charge is -2.26. The van der Waals surface area contributed by atoms with Crippen LogP contribution in [0.3, 0.4) is 0 Å². The number of hydrogen-bond acceptors (Lipinski definition) is 2. The maximum absolute atomic E-state index is 13.2. The number of nitrogens with zero attached hydrogens (tertiary/aromatic N) is 1. The van der Waals surface area contributed by atoms with Crippen molar-refractivity contribution >= 4 is 5.69 Å². The molecule has 3 rings (SSSR count). The molecule has 0 radical (unpaired) electrons. The van der Waals surface area contributed by atoms with Gasteiger partial charge < -0.3 is 10.6 Å². The van der Waals surface area contributed by atoms with Crippen LogP contribution in [-0.2, 0) is 12.7 Å². The Kier molecular flexibility index (Phi) is 3.37. The van der Waals surface area contributed by atoms with Gasteiger partial charge in [-0.2, -0.15) is 13.2 Å². The number of rotatable bonds is 2. The Morgan fingerprint density at radius 1 is 1.05 bits per heavy atom. The van der Waals surface area contributed by atoms with Crippen LogP contribution in [0.15, 0.2) is 48.5 Å². The molecule has 1 aliphatic rings. The maximum Gasteiger partial charge on any atom is 0.416 e. The minimum absolute atomic E-state index is 0.218. The maximum atomic E-state index is 13.2. The smallest absolute Gasteiger partial charge is 0.359 e. The van der Waals surface area contributed by atoms with Gasteiger partial charge in [0.05, 0.1) is 11.6 Å². The predicted octanol–water partition coefficient (Wildman–Crippen LogP) is 3.73. The fourth-order valence-electron chi connectivity index (χ4n) is 2.95. The number of anilines is 1. The largest absolute Gasteiger partial charge is 0.416 e. The molecule has 0 saturated heterocycles. The molecule has 0 bridgehead atoms. The lowest BCUT2D eigenvalue weighted by molar-refractivity contribution is -0.138. The standard InChI is InChI=1S/C16H15F3N2/c17-16(18,19)14-8-4-7-12-13(14)10-21(15(12)9-20)11-5-2-1-3-6-11/h1-8,15H,9-10,20H2. The van der Waals surface area contributed by atoms with Gasteiger partial charge in [0.2, 0.25) is 0 Å². The average molecular weight is 292 g/mol. The molecule has 1 unspecified atom stereocenters. The zero-order chi connectivity index (χ0) is 15.0. The summed E-state index contributed by atoms with van der Waals surface area (Å²) in [6.07, 6.45) is -4.34. The Morgan fingerprint density at radius 2 is 1.76 bits per heavy atom. The Bertz CT molecular complexity index is 638. The van der Waals surface area contributed by atoms with Crippen molar-refractivity contribution in [2.75, 3.05) is 11.4 Å². The highest BCUT2D eigenvalue weighted by molar-refractivity contribution is 5.56. The molecule has 1 atom stereocenters. The van der Waals surface area contributed by atoms with E-state index in [-0.39, 0.29) is 19.1 Å². The van der Waals surface area contributed by atoms with E-state index in [1.54, 1.807) is 6.07 Å². The number of hydrogen-bond donors (Lipinski definition) is 1. The van der Waals surface area contributed by atoms with Crippen LogP contribution in [0.25, 0.3) is 0 Å². The van der Waals surface area contributed by atoms with E-state index in [0.29, 0.717) is 11.1 Å². The Labute approximate surface area is 121 Å². The van der Waals surface area contributed by atoms with Crippen molar-refractivity contribution < 1.29 is 13.2 Å². The van der Waals surface area contributed by atoms with E-state index >= 15 is 0 Å².